The van der Waals surface area contributed by atoms with Crippen molar-refractivity contribution in [3.05, 3.63) is 52.7 Å². The third-order valence-electron chi connectivity index (χ3n) is 4.23. The van der Waals surface area contributed by atoms with E-state index in [2.05, 4.69) is 51.9 Å². The Hall–Kier alpha value is -1.94. The van der Waals surface area contributed by atoms with Gasteiger partial charge in [0.25, 0.3) is 0 Å². The highest BCUT2D eigenvalue weighted by atomic mass is 32.1. The number of anilines is 1. The zero-order valence-electron chi connectivity index (χ0n) is 12.0. The van der Waals surface area contributed by atoms with E-state index in [0.717, 1.165) is 17.1 Å². The van der Waals surface area contributed by atoms with E-state index < -0.39 is 0 Å². The summed E-state index contributed by atoms with van der Waals surface area (Å²) in [4.78, 5) is 9.92. The maximum atomic E-state index is 4.49. The first-order chi connectivity index (χ1) is 10.3. The van der Waals surface area contributed by atoms with E-state index >= 15 is 0 Å². The Morgan fingerprint density at radius 1 is 1.24 bits per heavy atom. The molecule has 106 valence electrons. The minimum Gasteiger partial charge on any atom is -0.363 e. The lowest BCUT2D eigenvalue weighted by Crippen LogP contribution is -2.18. The van der Waals surface area contributed by atoms with Crippen LogP contribution in [-0.4, -0.2) is 9.97 Å². The molecule has 0 fully saturated rings. The molecule has 1 N–H and O–H groups in total. The molecular formula is C17H17N3S. The fraction of sp³-hybridized carbons (Fsp3) is 0.294. The van der Waals surface area contributed by atoms with E-state index in [4.69, 9.17) is 0 Å². The van der Waals surface area contributed by atoms with Crippen molar-refractivity contribution >= 4 is 27.4 Å². The lowest BCUT2D eigenvalue weighted by molar-refractivity contribution is 0.599. The van der Waals surface area contributed by atoms with Crippen LogP contribution >= 0.6 is 11.3 Å². The summed E-state index contributed by atoms with van der Waals surface area (Å²) in [6.07, 6.45) is 5.23. The van der Waals surface area contributed by atoms with Crippen molar-refractivity contribution in [3.63, 3.8) is 0 Å². The Morgan fingerprint density at radius 2 is 2.14 bits per heavy atom. The van der Waals surface area contributed by atoms with Gasteiger partial charge in [-0.2, -0.15) is 0 Å². The summed E-state index contributed by atoms with van der Waals surface area (Å²) in [5.41, 5.74) is 4.14. The molecule has 1 aromatic carbocycles. The molecule has 21 heavy (non-hydrogen) atoms. The van der Waals surface area contributed by atoms with Gasteiger partial charge in [-0.15, -0.1) is 11.3 Å². The molecular weight excluding hydrogens is 278 g/mol. The van der Waals surface area contributed by atoms with Gasteiger partial charge in [-0.1, -0.05) is 24.3 Å². The molecule has 2 heterocycles. The summed E-state index contributed by atoms with van der Waals surface area (Å²) in [7, 11) is 0. The topological polar surface area (TPSA) is 37.8 Å². The van der Waals surface area contributed by atoms with E-state index in [9.17, 15) is 0 Å². The highest BCUT2D eigenvalue weighted by Crippen LogP contribution is 2.35. The zero-order valence-corrected chi connectivity index (χ0v) is 12.8. The maximum absolute atomic E-state index is 4.49. The van der Waals surface area contributed by atoms with Crippen LogP contribution in [0.25, 0.3) is 10.2 Å². The minimum absolute atomic E-state index is 0.354. The molecule has 4 heteroatoms. The predicted molar refractivity (Wildman–Crippen MR) is 87.9 cm³/mol. The number of thiophene rings is 1. The second-order valence-electron chi connectivity index (χ2n) is 5.61. The van der Waals surface area contributed by atoms with Gasteiger partial charge < -0.3 is 5.32 Å². The maximum Gasteiger partial charge on any atom is 0.138 e. The Morgan fingerprint density at radius 3 is 3.10 bits per heavy atom. The van der Waals surface area contributed by atoms with Crippen LogP contribution < -0.4 is 5.32 Å². The SMILES string of the molecule is Cc1csc2ncnc(NC3CCCc4ccccc43)c12. The normalized spacial score (nSPS) is 17.7. The second-order valence-corrected chi connectivity index (χ2v) is 6.47. The number of aryl methyl sites for hydroxylation is 2. The van der Waals surface area contributed by atoms with Gasteiger partial charge in [0.15, 0.2) is 0 Å². The first-order valence-corrected chi connectivity index (χ1v) is 8.24. The predicted octanol–water partition coefficient (Wildman–Crippen LogP) is 4.49. The van der Waals surface area contributed by atoms with Crippen LogP contribution in [0.5, 0.6) is 0 Å². The number of rotatable bonds is 2. The van der Waals surface area contributed by atoms with Crippen LogP contribution in [0.3, 0.4) is 0 Å². The molecule has 1 aliphatic carbocycles. The Balaban J connectivity index is 1.75. The third kappa shape index (κ3) is 2.20. The number of nitrogens with zero attached hydrogens (tertiary/aromatic N) is 2. The van der Waals surface area contributed by atoms with Crippen LogP contribution in [0.2, 0.25) is 0 Å². The molecule has 0 aliphatic heterocycles. The van der Waals surface area contributed by atoms with Crippen LogP contribution in [-0.2, 0) is 6.42 Å². The van der Waals surface area contributed by atoms with Crippen molar-refractivity contribution in [2.45, 2.75) is 32.2 Å². The van der Waals surface area contributed by atoms with Gasteiger partial charge in [-0.3, -0.25) is 0 Å². The van der Waals surface area contributed by atoms with Crippen molar-refractivity contribution < 1.29 is 0 Å². The molecule has 3 nitrogen and oxygen atoms in total. The average Bonchev–Trinajstić information content (AvgIpc) is 2.90. The van der Waals surface area contributed by atoms with Crippen molar-refractivity contribution in [3.8, 4) is 0 Å². The zero-order chi connectivity index (χ0) is 14.2. The number of benzene rings is 1. The first kappa shape index (κ1) is 12.8. The Bertz CT molecular complexity index is 794. The third-order valence-corrected chi connectivity index (χ3v) is 5.24. The summed E-state index contributed by atoms with van der Waals surface area (Å²) in [6, 6.07) is 9.10. The minimum atomic E-state index is 0.354. The van der Waals surface area contributed by atoms with E-state index in [1.165, 1.54) is 34.9 Å². The summed E-state index contributed by atoms with van der Waals surface area (Å²) >= 11 is 1.68. The highest BCUT2D eigenvalue weighted by Gasteiger charge is 2.21. The van der Waals surface area contributed by atoms with Crippen molar-refractivity contribution in [2.24, 2.45) is 0 Å². The monoisotopic (exact) mass is 295 g/mol. The van der Waals surface area contributed by atoms with Crippen LogP contribution in [0.15, 0.2) is 36.0 Å². The number of nitrogens with one attached hydrogen (secondary N) is 1. The van der Waals surface area contributed by atoms with Gasteiger partial charge >= 0.3 is 0 Å². The lowest BCUT2D eigenvalue weighted by Gasteiger charge is -2.27. The fourth-order valence-electron chi connectivity index (χ4n) is 3.20. The average molecular weight is 295 g/mol. The van der Waals surface area contributed by atoms with Gasteiger partial charge in [0.1, 0.15) is 17.0 Å². The largest absolute Gasteiger partial charge is 0.363 e. The van der Waals surface area contributed by atoms with E-state index in [1.807, 2.05) is 0 Å². The molecule has 4 rings (SSSR count). The van der Waals surface area contributed by atoms with Gasteiger partial charge in [-0.25, -0.2) is 9.97 Å². The van der Waals surface area contributed by atoms with Crippen LogP contribution in [0.1, 0.15) is 35.6 Å². The Labute approximate surface area is 128 Å². The van der Waals surface area contributed by atoms with Gasteiger partial charge in [0.2, 0.25) is 0 Å². The molecule has 0 saturated carbocycles. The highest BCUT2D eigenvalue weighted by molar-refractivity contribution is 7.17. The summed E-state index contributed by atoms with van der Waals surface area (Å²) in [5.74, 6) is 0.973. The molecule has 2 aromatic heterocycles. The summed E-state index contributed by atoms with van der Waals surface area (Å²) < 4.78 is 0. The van der Waals surface area contributed by atoms with Crippen LogP contribution in [0, 0.1) is 6.92 Å². The molecule has 0 amide bonds. The molecule has 0 radical (unpaired) electrons. The quantitative estimate of drug-likeness (QED) is 0.757. The van der Waals surface area contributed by atoms with Gasteiger partial charge in [0.05, 0.1) is 11.4 Å². The van der Waals surface area contributed by atoms with Gasteiger partial charge in [-0.05, 0) is 48.3 Å². The molecule has 1 unspecified atom stereocenters. The summed E-state index contributed by atoms with van der Waals surface area (Å²) in [6.45, 7) is 2.13. The van der Waals surface area contributed by atoms with Crippen molar-refractivity contribution in [2.75, 3.05) is 5.32 Å². The van der Waals surface area contributed by atoms with E-state index in [0.29, 0.717) is 6.04 Å². The smallest absolute Gasteiger partial charge is 0.138 e. The fourth-order valence-corrected chi connectivity index (χ4v) is 4.09. The number of hydrogen-bond donors (Lipinski definition) is 1. The number of fused-ring (bicyclic) bond motifs is 2. The van der Waals surface area contributed by atoms with Crippen molar-refractivity contribution in [1.82, 2.24) is 9.97 Å². The number of aromatic nitrogens is 2. The van der Waals surface area contributed by atoms with Crippen molar-refractivity contribution in [1.29, 1.82) is 0 Å². The molecule has 0 bridgehead atoms. The lowest BCUT2D eigenvalue weighted by atomic mass is 9.88. The molecule has 1 atom stereocenters. The van der Waals surface area contributed by atoms with E-state index in [-0.39, 0.29) is 0 Å². The molecule has 3 aromatic rings. The second kappa shape index (κ2) is 5.11. The molecule has 0 saturated heterocycles. The molecule has 1 aliphatic rings. The summed E-state index contributed by atoms with van der Waals surface area (Å²) in [5, 5.41) is 6.99. The van der Waals surface area contributed by atoms with E-state index in [1.54, 1.807) is 17.7 Å². The molecule has 0 spiro atoms. The van der Waals surface area contributed by atoms with Crippen LogP contribution in [0.4, 0.5) is 5.82 Å². The number of hydrogen-bond acceptors (Lipinski definition) is 4. The Kier molecular flexibility index (Phi) is 3.11. The first-order valence-electron chi connectivity index (χ1n) is 7.36. The van der Waals surface area contributed by atoms with Gasteiger partial charge in [0, 0.05) is 0 Å². The standard InChI is InChI=1S/C17H17N3S/c1-11-9-21-17-15(11)16(18-10-19-17)20-14-8-4-6-12-5-2-3-7-13(12)14/h2-3,5,7,9-10,14H,4,6,8H2,1H3,(H,18,19,20).